The molecule has 0 spiro atoms. The number of carbonyl (C=O) groups is 1. The van der Waals surface area contributed by atoms with Crippen molar-refractivity contribution in [3.05, 3.63) is 144 Å². The summed E-state index contributed by atoms with van der Waals surface area (Å²) in [7, 11) is 0. The minimum absolute atomic E-state index is 0.210. The van der Waals surface area contributed by atoms with Crippen LogP contribution in [0.25, 0.3) is 33.3 Å². The van der Waals surface area contributed by atoms with Crippen molar-refractivity contribution in [3.63, 3.8) is 0 Å². The molecule has 6 heteroatoms. The summed E-state index contributed by atoms with van der Waals surface area (Å²) >= 11 is 0. The van der Waals surface area contributed by atoms with Gasteiger partial charge in [0.2, 0.25) is 0 Å². The van der Waals surface area contributed by atoms with Gasteiger partial charge in [0.1, 0.15) is 11.6 Å². The van der Waals surface area contributed by atoms with Crippen LogP contribution < -0.4 is 4.90 Å². The zero-order valence-electron chi connectivity index (χ0n) is 25.2. The van der Waals surface area contributed by atoms with Crippen LogP contribution in [-0.4, -0.2) is 51.8 Å². The first-order valence-electron chi connectivity index (χ1n) is 15.5. The Morgan fingerprint density at radius 3 is 1.91 bits per heavy atom. The topological polar surface area (TPSA) is 62.2 Å². The summed E-state index contributed by atoms with van der Waals surface area (Å²) in [6.45, 7) is 4.71. The molecule has 45 heavy (non-hydrogen) atoms. The van der Waals surface area contributed by atoms with E-state index in [1.54, 1.807) is 0 Å². The monoisotopic (exact) mass is 589 g/mol. The highest BCUT2D eigenvalue weighted by atomic mass is 16.1. The summed E-state index contributed by atoms with van der Waals surface area (Å²) < 4.78 is 0. The van der Waals surface area contributed by atoms with E-state index in [2.05, 4.69) is 93.6 Å². The second kappa shape index (κ2) is 13.2. The largest absolute Gasteiger partial charge is 0.353 e. The van der Waals surface area contributed by atoms with Gasteiger partial charge in [-0.15, -0.1) is 0 Å². The Morgan fingerprint density at radius 2 is 1.24 bits per heavy atom. The average Bonchev–Trinajstić information content (AvgIpc) is 3.10. The highest BCUT2D eigenvalue weighted by Gasteiger charge is 2.19. The van der Waals surface area contributed by atoms with Gasteiger partial charge in [0.15, 0.2) is 0 Å². The van der Waals surface area contributed by atoms with E-state index in [0.717, 1.165) is 77.4 Å². The maximum absolute atomic E-state index is 12.9. The number of rotatable bonds is 9. The molecule has 6 nitrogen and oxygen atoms in total. The van der Waals surface area contributed by atoms with Gasteiger partial charge in [0.25, 0.3) is 0 Å². The third kappa shape index (κ3) is 6.97. The molecule has 0 amide bonds. The smallest absolute Gasteiger partial charge is 0.147 e. The van der Waals surface area contributed by atoms with Crippen LogP contribution >= 0.6 is 0 Å². The number of aromatic nitrogens is 3. The van der Waals surface area contributed by atoms with Crippen LogP contribution in [-0.2, 0) is 24.2 Å². The number of benzene rings is 4. The van der Waals surface area contributed by atoms with Gasteiger partial charge in [-0.3, -0.25) is 19.7 Å². The molecule has 0 bridgehead atoms. The molecule has 4 aromatic carbocycles. The van der Waals surface area contributed by atoms with Crippen molar-refractivity contribution in [1.82, 2.24) is 19.9 Å². The van der Waals surface area contributed by atoms with Crippen molar-refractivity contribution in [1.29, 1.82) is 0 Å². The number of fused-ring (bicyclic) bond motifs is 1. The first-order chi connectivity index (χ1) is 22.2. The minimum atomic E-state index is 0.210. The summed E-state index contributed by atoms with van der Waals surface area (Å²) in [5.41, 5.74) is 9.61. The predicted octanol–water partition coefficient (Wildman–Crippen LogP) is 7.04. The number of nitrogens with zero attached hydrogens (tertiary/aromatic N) is 5. The summed E-state index contributed by atoms with van der Waals surface area (Å²) in [6.07, 6.45) is 6.50. The normalized spacial score (nSPS) is 13.6. The average molecular weight is 590 g/mol. The number of piperazine rings is 1. The lowest BCUT2D eigenvalue weighted by Gasteiger charge is -2.35. The Balaban J connectivity index is 0.968. The lowest BCUT2D eigenvalue weighted by Crippen LogP contribution is -2.46. The van der Waals surface area contributed by atoms with Crippen LogP contribution in [0.5, 0.6) is 0 Å². The van der Waals surface area contributed by atoms with Gasteiger partial charge in [0, 0.05) is 58.0 Å². The van der Waals surface area contributed by atoms with E-state index < -0.39 is 0 Å². The SMILES string of the molecule is O=C(Cc1ccc(-c2ccccc2)cc1)Cc1ccc(-c2ccc3ncc(N4CCN(Cc5cccnc5)CC4)nc3c2)cc1. The van der Waals surface area contributed by atoms with Crippen molar-refractivity contribution < 1.29 is 4.79 Å². The van der Waals surface area contributed by atoms with Crippen molar-refractivity contribution in [2.75, 3.05) is 31.1 Å². The molecule has 7 rings (SSSR count). The van der Waals surface area contributed by atoms with Crippen molar-refractivity contribution in [3.8, 4) is 22.3 Å². The molecular formula is C39H35N5O. The van der Waals surface area contributed by atoms with Crippen molar-refractivity contribution >= 4 is 22.6 Å². The third-order valence-corrected chi connectivity index (χ3v) is 8.51. The number of hydrogen-bond donors (Lipinski definition) is 0. The lowest BCUT2D eigenvalue weighted by molar-refractivity contribution is -0.117. The van der Waals surface area contributed by atoms with Crippen LogP contribution in [0.3, 0.4) is 0 Å². The Bertz CT molecular complexity index is 1880. The highest BCUT2D eigenvalue weighted by Crippen LogP contribution is 2.26. The molecule has 1 saturated heterocycles. The fraction of sp³-hybridized carbons (Fsp3) is 0.179. The van der Waals surface area contributed by atoms with Crippen molar-refractivity contribution in [2.45, 2.75) is 19.4 Å². The predicted molar refractivity (Wildman–Crippen MR) is 181 cm³/mol. The molecule has 3 heterocycles. The molecule has 0 unspecified atom stereocenters. The molecule has 0 atom stereocenters. The van der Waals surface area contributed by atoms with Crippen LogP contribution in [0.1, 0.15) is 16.7 Å². The number of anilines is 1. The molecule has 1 fully saturated rings. The van der Waals surface area contributed by atoms with Gasteiger partial charge in [-0.1, -0.05) is 91.0 Å². The van der Waals surface area contributed by atoms with Crippen LogP contribution in [0, 0.1) is 0 Å². The molecule has 1 aliphatic heterocycles. The summed E-state index contributed by atoms with van der Waals surface area (Å²) in [4.78, 5) is 31.6. The number of Topliss-reactive ketones (excluding diaryl/α,β-unsaturated/α-hetero) is 1. The number of ketones is 1. The molecule has 0 radical (unpaired) electrons. The lowest BCUT2D eigenvalue weighted by atomic mass is 9.98. The molecule has 6 aromatic rings. The van der Waals surface area contributed by atoms with Gasteiger partial charge in [-0.25, -0.2) is 4.98 Å². The maximum Gasteiger partial charge on any atom is 0.147 e. The Morgan fingerprint density at radius 1 is 0.600 bits per heavy atom. The molecular weight excluding hydrogens is 554 g/mol. The fourth-order valence-electron chi connectivity index (χ4n) is 6.00. The minimum Gasteiger partial charge on any atom is -0.353 e. The van der Waals surface area contributed by atoms with E-state index in [1.807, 2.05) is 48.9 Å². The van der Waals surface area contributed by atoms with E-state index in [-0.39, 0.29) is 5.78 Å². The first kappa shape index (κ1) is 28.6. The molecule has 1 aliphatic rings. The van der Waals surface area contributed by atoms with E-state index in [1.165, 1.54) is 11.1 Å². The fourth-order valence-corrected chi connectivity index (χ4v) is 6.00. The molecule has 0 N–H and O–H groups in total. The van der Waals surface area contributed by atoms with Crippen LogP contribution in [0.4, 0.5) is 5.82 Å². The summed E-state index contributed by atoms with van der Waals surface area (Å²) in [6, 6.07) is 37.3. The second-order valence-corrected chi connectivity index (χ2v) is 11.7. The van der Waals surface area contributed by atoms with E-state index >= 15 is 0 Å². The quantitative estimate of drug-likeness (QED) is 0.180. The second-order valence-electron chi connectivity index (χ2n) is 11.7. The van der Waals surface area contributed by atoms with Gasteiger partial charge >= 0.3 is 0 Å². The van der Waals surface area contributed by atoms with Crippen LogP contribution in [0.2, 0.25) is 0 Å². The molecule has 0 aliphatic carbocycles. The summed E-state index contributed by atoms with van der Waals surface area (Å²) in [5.74, 6) is 1.13. The first-order valence-corrected chi connectivity index (χ1v) is 15.5. The number of hydrogen-bond acceptors (Lipinski definition) is 6. The summed E-state index contributed by atoms with van der Waals surface area (Å²) in [5, 5.41) is 0. The van der Waals surface area contributed by atoms with Gasteiger partial charge in [-0.05, 0) is 57.1 Å². The van der Waals surface area contributed by atoms with E-state index in [9.17, 15) is 4.79 Å². The van der Waals surface area contributed by atoms with E-state index in [0.29, 0.717) is 12.8 Å². The van der Waals surface area contributed by atoms with Crippen LogP contribution in [0.15, 0.2) is 128 Å². The third-order valence-electron chi connectivity index (χ3n) is 8.51. The number of pyridine rings is 1. The number of carbonyl (C=O) groups excluding carboxylic acids is 1. The molecule has 2 aromatic heterocycles. The highest BCUT2D eigenvalue weighted by molar-refractivity contribution is 5.84. The molecule has 0 saturated carbocycles. The Labute approximate surface area is 264 Å². The van der Waals surface area contributed by atoms with Gasteiger partial charge < -0.3 is 4.90 Å². The van der Waals surface area contributed by atoms with Gasteiger partial charge in [0.05, 0.1) is 17.2 Å². The standard InChI is InChI=1S/C39H35N5O/c45-36(23-29-8-12-33(13-9-29)32-6-2-1-3-7-32)24-30-10-14-34(15-11-30)35-16-17-37-38(25-35)42-39(27-41-37)44-21-19-43(20-22-44)28-31-5-4-18-40-26-31/h1-18,25-27H,19-24,28H2. The zero-order valence-corrected chi connectivity index (χ0v) is 25.2. The van der Waals surface area contributed by atoms with Gasteiger partial charge in [-0.2, -0.15) is 0 Å². The van der Waals surface area contributed by atoms with Crippen molar-refractivity contribution in [2.24, 2.45) is 0 Å². The maximum atomic E-state index is 12.9. The zero-order chi connectivity index (χ0) is 30.4. The Hall–Kier alpha value is -5.20. The Kier molecular flexibility index (Phi) is 8.38. The molecule has 222 valence electrons. The van der Waals surface area contributed by atoms with E-state index in [4.69, 9.17) is 9.97 Å².